The Kier molecular flexibility index (Phi) is 4.97. The van der Waals surface area contributed by atoms with E-state index in [1.54, 1.807) is 6.92 Å². The first-order valence-electron chi connectivity index (χ1n) is 8.32. The summed E-state index contributed by atoms with van der Waals surface area (Å²) in [6.07, 6.45) is -0.565. The van der Waals surface area contributed by atoms with Crippen molar-refractivity contribution in [1.29, 1.82) is 0 Å². The lowest BCUT2D eigenvalue weighted by Gasteiger charge is -2.37. The highest BCUT2D eigenvalue weighted by Gasteiger charge is 2.28. The molecule has 1 saturated heterocycles. The van der Waals surface area contributed by atoms with Gasteiger partial charge in [0.15, 0.2) is 0 Å². The molecule has 0 spiro atoms. The fraction of sp³-hybridized carbons (Fsp3) is 0.444. The van der Waals surface area contributed by atoms with Crippen molar-refractivity contribution in [3.05, 3.63) is 56.3 Å². The fourth-order valence-corrected chi connectivity index (χ4v) is 3.07. The zero-order valence-corrected chi connectivity index (χ0v) is 13.9. The van der Waals surface area contributed by atoms with E-state index < -0.39 is 17.0 Å². The molecule has 1 aliphatic heterocycles. The molecule has 0 radical (unpaired) electrons. The van der Waals surface area contributed by atoms with Crippen LogP contribution in [0.3, 0.4) is 0 Å². The first kappa shape index (κ1) is 16.7. The van der Waals surface area contributed by atoms with E-state index in [4.69, 9.17) is 0 Å². The number of anilines is 2. The Balaban J connectivity index is 1.60. The summed E-state index contributed by atoms with van der Waals surface area (Å²) in [4.78, 5) is 28.0. The summed E-state index contributed by atoms with van der Waals surface area (Å²) in [5.74, 6) is 0. The van der Waals surface area contributed by atoms with E-state index in [0.29, 0.717) is 11.4 Å². The Morgan fingerprint density at radius 3 is 2.38 bits per heavy atom. The number of piperazine rings is 1. The van der Waals surface area contributed by atoms with Crippen LogP contribution < -0.4 is 21.1 Å². The van der Waals surface area contributed by atoms with Crippen LogP contribution >= 0.6 is 0 Å². The second-order valence-electron chi connectivity index (χ2n) is 6.36. The highest BCUT2D eigenvalue weighted by atomic mass is 16.3. The summed E-state index contributed by atoms with van der Waals surface area (Å²) in [5, 5.41) is 12.2. The minimum atomic E-state index is -0.565. The summed E-state index contributed by atoms with van der Waals surface area (Å²) < 4.78 is 0. The molecule has 6 nitrogen and oxygen atoms in total. The van der Waals surface area contributed by atoms with Gasteiger partial charge in [0.1, 0.15) is 11.4 Å². The molecule has 1 heterocycles. The van der Waals surface area contributed by atoms with Gasteiger partial charge in [-0.25, -0.2) is 0 Å². The summed E-state index contributed by atoms with van der Waals surface area (Å²) >= 11 is 0. The van der Waals surface area contributed by atoms with Crippen molar-refractivity contribution < 1.29 is 5.11 Å². The van der Waals surface area contributed by atoms with Gasteiger partial charge < -0.3 is 15.3 Å². The van der Waals surface area contributed by atoms with Crippen LogP contribution in [0.1, 0.15) is 12.5 Å². The molecule has 0 aromatic heterocycles. The number of aliphatic hydroxyl groups is 1. The Morgan fingerprint density at radius 2 is 1.75 bits per heavy atom. The molecular formula is C18H23N3O3. The molecule has 0 unspecified atom stereocenters. The Labute approximate surface area is 141 Å². The maximum atomic E-state index is 11.9. The Bertz CT molecular complexity index is 743. The van der Waals surface area contributed by atoms with Crippen LogP contribution in [-0.4, -0.2) is 48.8 Å². The molecule has 3 rings (SSSR count). The van der Waals surface area contributed by atoms with E-state index in [1.807, 2.05) is 23.1 Å². The van der Waals surface area contributed by atoms with Gasteiger partial charge in [0.25, 0.3) is 10.9 Å². The number of hydrogen-bond acceptors (Lipinski definition) is 6. The molecule has 0 aliphatic carbocycles. The van der Waals surface area contributed by atoms with Gasteiger partial charge in [-0.05, 0) is 12.5 Å². The van der Waals surface area contributed by atoms with Crippen LogP contribution in [0.25, 0.3) is 0 Å². The van der Waals surface area contributed by atoms with Crippen LogP contribution in [-0.2, 0) is 6.54 Å². The Morgan fingerprint density at radius 1 is 1.08 bits per heavy atom. The van der Waals surface area contributed by atoms with Crippen LogP contribution in [0.2, 0.25) is 0 Å². The van der Waals surface area contributed by atoms with Crippen molar-refractivity contribution in [2.45, 2.75) is 19.6 Å². The zero-order chi connectivity index (χ0) is 17.1. The quantitative estimate of drug-likeness (QED) is 0.748. The normalized spacial score (nSPS) is 17.2. The van der Waals surface area contributed by atoms with E-state index in [9.17, 15) is 14.7 Å². The van der Waals surface area contributed by atoms with Crippen LogP contribution in [0.5, 0.6) is 0 Å². The van der Waals surface area contributed by atoms with Gasteiger partial charge >= 0.3 is 0 Å². The lowest BCUT2D eigenvalue weighted by atomic mass is 10.1. The molecule has 1 fully saturated rings. The largest absolute Gasteiger partial charge is 0.392 e. The predicted octanol–water partition coefficient (Wildman–Crippen LogP) is 0.397. The first-order chi connectivity index (χ1) is 11.6. The molecule has 0 saturated carbocycles. The third kappa shape index (κ3) is 3.49. The highest BCUT2D eigenvalue weighted by Crippen LogP contribution is 2.22. The van der Waals surface area contributed by atoms with Crippen molar-refractivity contribution in [1.82, 2.24) is 4.90 Å². The highest BCUT2D eigenvalue weighted by molar-refractivity contribution is 5.75. The number of nitrogens with one attached hydrogen (secondary N) is 1. The standard InChI is InChI=1S/C18H23N3O3/c1-13(22)11-19-15-16(18(24)17(15)23)21-9-7-20(8-10-21)12-14-5-3-2-4-6-14/h2-6,13,19,22H,7-12H2,1H3/t13-/m1/s1. The van der Waals surface area contributed by atoms with Crippen LogP contribution in [0, 0.1) is 0 Å². The minimum absolute atomic E-state index is 0.270. The molecular weight excluding hydrogens is 306 g/mol. The maximum Gasteiger partial charge on any atom is 0.253 e. The van der Waals surface area contributed by atoms with Gasteiger partial charge in [-0.2, -0.15) is 0 Å². The molecule has 24 heavy (non-hydrogen) atoms. The van der Waals surface area contributed by atoms with Crippen molar-refractivity contribution in [2.75, 3.05) is 42.9 Å². The van der Waals surface area contributed by atoms with Crippen molar-refractivity contribution in [3.8, 4) is 0 Å². The number of hydrogen-bond donors (Lipinski definition) is 2. The van der Waals surface area contributed by atoms with Gasteiger partial charge in [0.05, 0.1) is 6.10 Å². The molecule has 2 aromatic carbocycles. The summed E-state index contributed by atoms with van der Waals surface area (Å²) in [6.45, 7) is 5.95. The average Bonchev–Trinajstić information content (AvgIpc) is 2.59. The van der Waals surface area contributed by atoms with E-state index in [2.05, 4.69) is 22.3 Å². The molecule has 2 N–H and O–H groups in total. The fourth-order valence-electron chi connectivity index (χ4n) is 3.07. The van der Waals surface area contributed by atoms with Gasteiger partial charge in [0.2, 0.25) is 0 Å². The van der Waals surface area contributed by atoms with Crippen molar-refractivity contribution >= 4 is 11.4 Å². The summed E-state index contributed by atoms with van der Waals surface area (Å²) in [7, 11) is 0. The van der Waals surface area contributed by atoms with Gasteiger partial charge in [0, 0.05) is 39.3 Å². The van der Waals surface area contributed by atoms with Crippen molar-refractivity contribution in [3.63, 3.8) is 0 Å². The van der Waals surface area contributed by atoms with Gasteiger partial charge in [-0.3, -0.25) is 14.5 Å². The van der Waals surface area contributed by atoms with E-state index >= 15 is 0 Å². The number of rotatable bonds is 6. The van der Waals surface area contributed by atoms with E-state index in [-0.39, 0.29) is 6.54 Å². The number of benzene rings is 1. The number of nitrogens with zero attached hydrogens (tertiary/aromatic N) is 2. The van der Waals surface area contributed by atoms with Gasteiger partial charge in [-0.15, -0.1) is 0 Å². The van der Waals surface area contributed by atoms with Crippen LogP contribution in [0.4, 0.5) is 11.4 Å². The van der Waals surface area contributed by atoms with E-state index in [1.165, 1.54) is 5.56 Å². The molecule has 6 heteroatoms. The molecule has 128 valence electrons. The van der Waals surface area contributed by atoms with Crippen molar-refractivity contribution in [2.24, 2.45) is 0 Å². The van der Waals surface area contributed by atoms with Gasteiger partial charge in [-0.1, -0.05) is 30.3 Å². The van der Waals surface area contributed by atoms with E-state index in [0.717, 1.165) is 32.7 Å². The third-order valence-corrected chi connectivity index (χ3v) is 4.40. The summed E-state index contributed by atoms with van der Waals surface area (Å²) in [5.41, 5.74) is 1.23. The lowest BCUT2D eigenvalue weighted by Crippen LogP contribution is -2.51. The maximum absolute atomic E-state index is 11.9. The molecule has 1 atom stereocenters. The topological polar surface area (TPSA) is 72.9 Å². The SMILES string of the molecule is C[C@@H](O)CNc1c(N2CCN(Cc3ccccc3)CC2)c(=O)c1=O. The lowest BCUT2D eigenvalue weighted by molar-refractivity contribution is 0.208. The first-order valence-corrected chi connectivity index (χ1v) is 8.32. The third-order valence-electron chi connectivity index (χ3n) is 4.40. The predicted molar refractivity (Wildman–Crippen MR) is 95.5 cm³/mol. The Hall–Kier alpha value is -2.18. The monoisotopic (exact) mass is 329 g/mol. The average molecular weight is 329 g/mol. The second-order valence-corrected chi connectivity index (χ2v) is 6.36. The summed E-state index contributed by atoms with van der Waals surface area (Å²) in [6, 6.07) is 10.3. The molecule has 2 aromatic rings. The zero-order valence-electron chi connectivity index (χ0n) is 13.9. The van der Waals surface area contributed by atoms with Crippen LogP contribution in [0.15, 0.2) is 39.9 Å². The molecule has 0 amide bonds. The smallest absolute Gasteiger partial charge is 0.253 e. The number of aliphatic hydroxyl groups excluding tert-OH is 1. The molecule has 1 aliphatic rings. The molecule has 0 bridgehead atoms. The minimum Gasteiger partial charge on any atom is -0.392 e. The second kappa shape index (κ2) is 7.15.